The number of rotatable bonds is 5. The van der Waals surface area contributed by atoms with Crippen LogP contribution in [0.15, 0.2) is 6.33 Å². The zero-order valence-electron chi connectivity index (χ0n) is 9.81. The maximum absolute atomic E-state index is 10.4. The number of hydrogen-bond donors (Lipinski definition) is 3. The molecule has 0 amide bonds. The molecule has 0 saturated carbocycles. The molecule has 0 radical (unpaired) electrons. The summed E-state index contributed by atoms with van der Waals surface area (Å²) in [6, 6.07) is 0. The van der Waals surface area contributed by atoms with Crippen LogP contribution in [-0.2, 0) is 17.9 Å². The molecule has 0 spiro atoms. The molecular formula is C10H16N4O4. The fourth-order valence-electron chi connectivity index (χ4n) is 1.97. The Labute approximate surface area is 103 Å². The molecule has 3 N–H and O–H groups in total. The Morgan fingerprint density at radius 2 is 2.17 bits per heavy atom. The van der Waals surface area contributed by atoms with Crippen molar-refractivity contribution in [2.75, 3.05) is 13.1 Å². The van der Waals surface area contributed by atoms with Crippen LogP contribution in [0.4, 0.5) is 0 Å². The summed E-state index contributed by atoms with van der Waals surface area (Å²) in [5.41, 5.74) is 0. The smallest absolute Gasteiger partial charge is 0.306 e. The first kappa shape index (κ1) is 12.9. The average Bonchev–Trinajstić information content (AvgIpc) is 2.75. The Bertz CT molecular complexity index is 422. The van der Waals surface area contributed by atoms with Crippen molar-refractivity contribution in [1.82, 2.24) is 19.7 Å². The summed E-state index contributed by atoms with van der Waals surface area (Å²) < 4.78 is 1.79. The minimum absolute atomic E-state index is 0.224. The van der Waals surface area contributed by atoms with E-state index in [1.54, 1.807) is 4.68 Å². The van der Waals surface area contributed by atoms with Crippen molar-refractivity contribution < 1.29 is 20.1 Å². The van der Waals surface area contributed by atoms with E-state index in [0.717, 1.165) is 5.82 Å². The van der Waals surface area contributed by atoms with Crippen molar-refractivity contribution in [3.05, 3.63) is 12.2 Å². The van der Waals surface area contributed by atoms with Gasteiger partial charge < -0.3 is 15.3 Å². The van der Waals surface area contributed by atoms with Gasteiger partial charge >= 0.3 is 5.97 Å². The standard InChI is InChI=1S/C10H16N4O4/c15-7(3-10(17)18)8(16)4-13-1-2-14-9(5-13)11-6-12-14/h6-8,15-16H,1-5H2,(H,17,18)/t7-,8?/m0/s1. The lowest BCUT2D eigenvalue weighted by molar-refractivity contribution is -0.141. The molecule has 2 atom stereocenters. The Morgan fingerprint density at radius 3 is 2.89 bits per heavy atom. The lowest BCUT2D eigenvalue weighted by atomic mass is 10.1. The lowest BCUT2D eigenvalue weighted by Crippen LogP contribution is -2.43. The van der Waals surface area contributed by atoms with Crippen LogP contribution in [0, 0.1) is 0 Å². The van der Waals surface area contributed by atoms with Gasteiger partial charge in [0.15, 0.2) is 0 Å². The summed E-state index contributed by atoms with van der Waals surface area (Å²) in [4.78, 5) is 16.4. The van der Waals surface area contributed by atoms with E-state index in [2.05, 4.69) is 10.1 Å². The van der Waals surface area contributed by atoms with Gasteiger partial charge in [-0.25, -0.2) is 9.67 Å². The largest absolute Gasteiger partial charge is 0.481 e. The predicted octanol–water partition coefficient (Wildman–Crippen LogP) is -1.71. The maximum Gasteiger partial charge on any atom is 0.306 e. The van der Waals surface area contributed by atoms with Crippen molar-refractivity contribution in [2.24, 2.45) is 0 Å². The van der Waals surface area contributed by atoms with E-state index in [1.807, 2.05) is 4.90 Å². The minimum Gasteiger partial charge on any atom is -0.481 e. The zero-order valence-corrected chi connectivity index (χ0v) is 9.81. The van der Waals surface area contributed by atoms with Gasteiger partial charge in [0, 0.05) is 13.1 Å². The number of carboxylic acids is 1. The van der Waals surface area contributed by atoms with E-state index in [0.29, 0.717) is 19.6 Å². The average molecular weight is 256 g/mol. The Morgan fingerprint density at radius 1 is 1.39 bits per heavy atom. The van der Waals surface area contributed by atoms with E-state index < -0.39 is 24.6 Å². The molecule has 8 nitrogen and oxygen atoms in total. The third-order valence-electron chi connectivity index (χ3n) is 2.96. The summed E-state index contributed by atoms with van der Waals surface area (Å²) in [5, 5.41) is 31.8. The van der Waals surface area contributed by atoms with Crippen molar-refractivity contribution >= 4 is 5.97 Å². The van der Waals surface area contributed by atoms with E-state index in [4.69, 9.17) is 5.11 Å². The molecule has 8 heteroatoms. The third-order valence-corrected chi connectivity index (χ3v) is 2.96. The van der Waals surface area contributed by atoms with Crippen LogP contribution in [0.3, 0.4) is 0 Å². The van der Waals surface area contributed by atoms with Crippen molar-refractivity contribution in [3.8, 4) is 0 Å². The SMILES string of the molecule is O=C(O)C[C@H](O)C(O)CN1CCn2ncnc2C1. The van der Waals surface area contributed by atoms with E-state index in [9.17, 15) is 15.0 Å². The van der Waals surface area contributed by atoms with Gasteiger partial charge in [-0.15, -0.1) is 0 Å². The third kappa shape index (κ3) is 3.03. The molecule has 0 saturated heterocycles. The first-order valence-corrected chi connectivity index (χ1v) is 5.73. The Balaban J connectivity index is 1.85. The molecule has 0 aromatic carbocycles. The highest BCUT2D eigenvalue weighted by molar-refractivity contribution is 5.67. The van der Waals surface area contributed by atoms with Crippen LogP contribution in [0.1, 0.15) is 12.2 Å². The quantitative estimate of drug-likeness (QED) is 0.575. The van der Waals surface area contributed by atoms with Gasteiger partial charge in [-0.2, -0.15) is 5.10 Å². The van der Waals surface area contributed by atoms with Crippen LogP contribution in [-0.4, -0.2) is 66.3 Å². The molecule has 100 valence electrons. The second kappa shape index (κ2) is 5.42. The Kier molecular flexibility index (Phi) is 3.90. The van der Waals surface area contributed by atoms with Crippen LogP contribution in [0.5, 0.6) is 0 Å². The molecule has 0 fully saturated rings. The molecule has 1 aromatic rings. The highest BCUT2D eigenvalue weighted by atomic mass is 16.4. The van der Waals surface area contributed by atoms with Crippen molar-refractivity contribution in [3.63, 3.8) is 0 Å². The topological polar surface area (TPSA) is 112 Å². The van der Waals surface area contributed by atoms with E-state index in [-0.39, 0.29) is 6.54 Å². The van der Waals surface area contributed by atoms with Crippen molar-refractivity contribution in [1.29, 1.82) is 0 Å². The molecular weight excluding hydrogens is 240 g/mol. The van der Waals surface area contributed by atoms with Gasteiger partial charge in [-0.05, 0) is 0 Å². The van der Waals surface area contributed by atoms with Crippen LogP contribution < -0.4 is 0 Å². The number of aromatic nitrogens is 3. The molecule has 0 aliphatic carbocycles. The van der Waals surface area contributed by atoms with E-state index in [1.165, 1.54) is 6.33 Å². The number of aliphatic hydroxyl groups is 2. The number of carboxylic acid groups (broad SMARTS) is 1. The molecule has 2 rings (SSSR count). The number of hydrogen-bond acceptors (Lipinski definition) is 6. The van der Waals surface area contributed by atoms with Gasteiger partial charge in [0.2, 0.25) is 0 Å². The van der Waals surface area contributed by atoms with Gasteiger partial charge in [0.1, 0.15) is 12.2 Å². The Hall–Kier alpha value is -1.51. The normalized spacial score (nSPS) is 19.2. The minimum atomic E-state index is -1.25. The molecule has 18 heavy (non-hydrogen) atoms. The van der Waals surface area contributed by atoms with Gasteiger partial charge in [-0.3, -0.25) is 9.69 Å². The number of carbonyl (C=O) groups is 1. The predicted molar refractivity (Wildman–Crippen MR) is 59.6 cm³/mol. The molecule has 1 aliphatic heterocycles. The van der Waals surface area contributed by atoms with Gasteiger partial charge in [0.05, 0.1) is 31.7 Å². The zero-order chi connectivity index (χ0) is 13.1. The highest BCUT2D eigenvalue weighted by Crippen LogP contribution is 2.10. The number of aliphatic hydroxyl groups excluding tert-OH is 2. The second-order valence-electron chi connectivity index (χ2n) is 4.37. The van der Waals surface area contributed by atoms with Gasteiger partial charge in [0.25, 0.3) is 0 Å². The fraction of sp³-hybridized carbons (Fsp3) is 0.700. The summed E-state index contributed by atoms with van der Waals surface area (Å²) in [5.74, 6) is -0.318. The number of fused-ring (bicyclic) bond motifs is 1. The summed E-state index contributed by atoms with van der Waals surface area (Å²) in [7, 11) is 0. The first-order valence-electron chi connectivity index (χ1n) is 5.73. The van der Waals surface area contributed by atoms with Gasteiger partial charge in [-0.1, -0.05) is 0 Å². The number of aliphatic carboxylic acids is 1. The number of β-amino-alcohol motifs (C(OH)–C–C–N with tert-alkyl or cyclic N) is 1. The van der Waals surface area contributed by atoms with Crippen molar-refractivity contribution in [2.45, 2.75) is 31.7 Å². The molecule has 1 aromatic heterocycles. The van der Waals surface area contributed by atoms with Crippen LogP contribution in [0.2, 0.25) is 0 Å². The fourth-order valence-corrected chi connectivity index (χ4v) is 1.97. The summed E-state index contributed by atoms with van der Waals surface area (Å²) in [6.45, 7) is 2.13. The molecule has 1 aliphatic rings. The number of nitrogens with zero attached hydrogens (tertiary/aromatic N) is 4. The van der Waals surface area contributed by atoms with E-state index >= 15 is 0 Å². The summed E-state index contributed by atoms with van der Waals surface area (Å²) in [6.07, 6.45) is -1.29. The lowest BCUT2D eigenvalue weighted by Gasteiger charge is -2.29. The van der Waals surface area contributed by atoms with Crippen LogP contribution in [0.25, 0.3) is 0 Å². The van der Waals surface area contributed by atoms with Crippen LogP contribution >= 0.6 is 0 Å². The summed E-state index contributed by atoms with van der Waals surface area (Å²) >= 11 is 0. The molecule has 0 bridgehead atoms. The monoisotopic (exact) mass is 256 g/mol. The maximum atomic E-state index is 10.4. The molecule has 2 heterocycles. The first-order chi connectivity index (χ1) is 8.56. The second-order valence-corrected chi connectivity index (χ2v) is 4.37. The highest BCUT2D eigenvalue weighted by Gasteiger charge is 2.25. The molecule has 1 unspecified atom stereocenters.